The minimum Gasteiger partial charge on any atom is -0.453 e. The van der Waals surface area contributed by atoms with E-state index in [0.29, 0.717) is 12.8 Å². The normalized spacial score (nSPS) is 23.4. The van der Waals surface area contributed by atoms with Gasteiger partial charge in [0.1, 0.15) is 17.2 Å². The van der Waals surface area contributed by atoms with E-state index in [1.165, 1.54) is 0 Å². The van der Waals surface area contributed by atoms with Crippen molar-refractivity contribution in [2.45, 2.75) is 70.2 Å². The molecule has 5 heteroatoms. The van der Waals surface area contributed by atoms with Crippen LogP contribution in [0.1, 0.15) is 70.2 Å². The molecule has 0 aliphatic carbocycles. The number of amides is 1. The number of cyclic esters (lactones) is 1. The van der Waals surface area contributed by atoms with Gasteiger partial charge in [0.25, 0.3) is 0 Å². The van der Waals surface area contributed by atoms with Crippen LogP contribution in [0.4, 0.5) is 4.79 Å². The minimum atomic E-state index is -1.19. The predicted octanol–water partition coefficient (Wildman–Crippen LogP) is 6.38. The zero-order chi connectivity index (χ0) is 23.4. The maximum atomic E-state index is 13.7. The fourth-order valence-corrected chi connectivity index (χ4v) is 4.41. The van der Waals surface area contributed by atoms with Gasteiger partial charge < -0.3 is 9.47 Å². The topological polar surface area (TPSA) is 55.8 Å². The first-order valence-corrected chi connectivity index (χ1v) is 11.2. The summed E-state index contributed by atoms with van der Waals surface area (Å²) in [6.45, 7) is 11.3. The number of morpholine rings is 1. The van der Waals surface area contributed by atoms with Gasteiger partial charge in [-0.1, -0.05) is 80.1 Å². The van der Waals surface area contributed by atoms with Crippen molar-refractivity contribution in [3.8, 4) is 0 Å². The standard InChI is InChI=1S/C27H33NO4/c1-6-18-27(19-7-2)24(29)31-23(21-16-12-9-13-17-21)22(20-14-10-8-11-15-20)28(27)25(30)32-26(3,4)5/h6,8-17,22-23H,1,7,18-19H2,2-5H3/t22-,23+,27+/m0/s1. The molecule has 0 unspecified atom stereocenters. The van der Waals surface area contributed by atoms with Crippen LogP contribution in [0, 0.1) is 0 Å². The summed E-state index contributed by atoms with van der Waals surface area (Å²) in [7, 11) is 0. The third-order valence-corrected chi connectivity index (χ3v) is 5.65. The Morgan fingerprint density at radius 2 is 1.66 bits per heavy atom. The molecular formula is C27H33NO4. The summed E-state index contributed by atoms with van der Waals surface area (Å²) in [6.07, 6.45) is 1.91. The zero-order valence-electron chi connectivity index (χ0n) is 19.4. The lowest BCUT2D eigenvalue weighted by atomic mass is 9.81. The second-order valence-electron chi connectivity index (χ2n) is 9.22. The van der Waals surface area contributed by atoms with E-state index in [1.807, 2.05) is 88.4 Å². The van der Waals surface area contributed by atoms with E-state index in [2.05, 4.69) is 6.58 Å². The maximum Gasteiger partial charge on any atom is 0.411 e. The third-order valence-electron chi connectivity index (χ3n) is 5.65. The molecule has 2 aromatic carbocycles. The van der Waals surface area contributed by atoms with Gasteiger partial charge in [-0.25, -0.2) is 9.59 Å². The van der Waals surface area contributed by atoms with Crippen molar-refractivity contribution < 1.29 is 19.1 Å². The van der Waals surface area contributed by atoms with E-state index >= 15 is 0 Å². The van der Waals surface area contributed by atoms with E-state index in [1.54, 1.807) is 11.0 Å². The molecule has 32 heavy (non-hydrogen) atoms. The second kappa shape index (κ2) is 9.60. The lowest BCUT2D eigenvalue weighted by molar-refractivity contribution is -0.189. The Kier molecular flexibility index (Phi) is 7.07. The number of benzene rings is 2. The van der Waals surface area contributed by atoms with Gasteiger partial charge >= 0.3 is 12.1 Å². The van der Waals surface area contributed by atoms with Crippen LogP contribution >= 0.6 is 0 Å². The monoisotopic (exact) mass is 435 g/mol. The highest BCUT2D eigenvalue weighted by molar-refractivity contribution is 5.88. The molecule has 0 radical (unpaired) electrons. The molecule has 1 saturated heterocycles. The van der Waals surface area contributed by atoms with Crippen LogP contribution < -0.4 is 0 Å². The van der Waals surface area contributed by atoms with Gasteiger partial charge in [-0.2, -0.15) is 0 Å². The quantitative estimate of drug-likeness (QED) is 0.390. The largest absolute Gasteiger partial charge is 0.453 e. The van der Waals surface area contributed by atoms with Crippen molar-refractivity contribution in [2.75, 3.05) is 0 Å². The van der Waals surface area contributed by atoms with Gasteiger partial charge in [-0.15, -0.1) is 6.58 Å². The first kappa shape index (κ1) is 23.6. The van der Waals surface area contributed by atoms with E-state index < -0.39 is 35.3 Å². The summed E-state index contributed by atoms with van der Waals surface area (Å²) in [6, 6.07) is 18.7. The third kappa shape index (κ3) is 4.72. The fourth-order valence-electron chi connectivity index (χ4n) is 4.41. The van der Waals surface area contributed by atoms with E-state index in [4.69, 9.17) is 9.47 Å². The molecular weight excluding hydrogens is 402 g/mol. The van der Waals surface area contributed by atoms with Crippen LogP contribution in [0.2, 0.25) is 0 Å². The Labute approximate surface area is 191 Å². The van der Waals surface area contributed by atoms with Crippen LogP contribution in [0.3, 0.4) is 0 Å². The highest BCUT2D eigenvalue weighted by Crippen LogP contribution is 2.49. The number of ether oxygens (including phenoxy) is 2. The number of nitrogens with zero attached hydrogens (tertiary/aromatic N) is 1. The Morgan fingerprint density at radius 3 is 2.16 bits per heavy atom. The highest BCUT2D eigenvalue weighted by Gasteiger charge is 2.57. The summed E-state index contributed by atoms with van der Waals surface area (Å²) in [5.41, 5.74) is -0.199. The molecule has 0 saturated carbocycles. The van der Waals surface area contributed by atoms with Crippen LogP contribution in [0.5, 0.6) is 0 Å². The van der Waals surface area contributed by atoms with E-state index in [-0.39, 0.29) is 6.42 Å². The average Bonchev–Trinajstić information content (AvgIpc) is 2.75. The Bertz CT molecular complexity index is 935. The van der Waals surface area contributed by atoms with Crippen LogP contribution in [-0.2, 0) is 14.3 Å². The summed E-state index contributed by atoms with van der Waals surface area (Å²) in [5.74, 6) is -0.425. The molecule has 0 N–H and O–H groups in total. The van der Waals surface area contributed by atoms with Gasteiger partial charge in [-0.3, -0.25) is 4.90 Å². The Hall–Kier alpha value is -3.08. The first-order chi connectivity index (χ1) is 15.2. The molecule has 0 aromatic heterocycles. The predicted molar refractivity (Wildman–Crippen MR) is 125 cm³/mol. The summed E-state index contributed by atoms with van der Waals surface area (Å²) < 4.78 is 12.0. The zero-order valence-corrected chi connectivity index (χ0v) is 19.4. The molecule has 5 nitrogen and oxygen atoms in total. The van der Waals surface area contributed by atoms with Gasteiger partial charge in [0, 0.05) is 0 Å². The SMILES string of the molecule is C=CC[C@@]1(CCC)C(=O)O[C@H](c2ccccc2)[C@H](c2ccccc2)N1C(=O)OC(C)(C)C. The molecule has 2 aromatic rings. The van der Waals surface area contributed by atoms with Crippen molar-refractivity contribution in [3.63, 3.8) is 0 Å². The van der Waals surface area contributed by atoms with Crippen molar-refractivity contribution >= 4 is 12.1 Å². The summed E-state index contributed by atoms with van der Waals surface area (Å²) >= 11 is 0. The number of hydrogen-bond acceptors (Lipinski definition) is 4. The fraction of sp³-hybridized carbons (Fsp3) is 0.407. The Morgan fingerprint density at radius 1 is 1.09 bits per heavy atom. The van der Waals surface area contributed by atoms with Crippen molar-refractivity contribution in [1.29, 1.82) is 0 Å². The lowest BCUT2D eigenvalue weighted by Crippen LogP contribution is -2.64. The van der Waals surface area contributed by atoms with Crippen LogP contribution in [0.15, 0.2) is 73.3 Å². The van der Waals surface area contributed by atoms with Crippen molar-refractivity contribution in [1.82, 2.24) is 4.90 Å². The van der Waals surface area contributed by atoms with Crippen molar-refractivity contribution in [2.24, 2.45) is 0 Å². The first-order valence-electron chi connectivity index (χ1n) is 11.2. The lowest BCUT2D eigenvalue weighted by Gasteiger charge is -2.52. The van der Waals surface area contributed by atoms with Gasteiger partial charge in [0.05, 0.1) is 0 Å². The molecule has 3 atom stereocenters. The summed E-state index contributed by atoms with van der Waals surface area (Å²) in [4.78, 5) is 29.0. The summed E-state index contributed by atoms with van der Waals surface area (Å²) in [5, 5.41) is 0. The number of esters is 1. The highest BCUT2D eigenvalue weighted by atomic mass is 16.6. The van der Waals surface area contributed by atoms with E-state index in [9.17, 15) is 9.59 Å². The molecule has 1 fully saturated rings. The number of carbonyl (C=O) groups excluding carboxylic acids is 2. The van der Waals surface area contributed by atoms with Crippen LogP contribution in [0.25, 0.3) is 0 Å². The smallest absolute Gasteiger partial charge is 0.411 e. The van der Waals surface area contributed by atoms with Crippen molar-refractivity contribution in [3.05, 3.63) is 84.4 Å². The van der Waals surface area contributed by atoms with Crippen LogP contribution in [-0.4, -0.2) is 28.1 Å². The average molecular weight is 436 g/mol. The van der Waals surface area contributed by atoms with E-state index in [0.717, 1.165) is 11.1 Å². The number of hydrogen-bond donors (Lipinski definition) is 0. The molecule has 1 aliphatic heterocycles. The Balaban J connectivity index is 2.25. The van der Waals surface area contributed by atoms with Gasteiger partial charge in [-0.05, 0) is 44.7 Å². The number of rotatable bonds is 6. The van der Waals surface area contributed by atoms with Gasteiger partial charge in [0.15, 0.2) is 6.10 Å². The molecule has 170 valence electrons. The maximum absolute atomic E-state index is 13.7. The molecule has 0 bridgehead atoms. The number of carbonyl (C=O) groups is 2. The van der Waals surface area contributed by atoms with Gasteiger partial charge in [0.2, 0.25) is 0 Å². The molecule has 0 spiro atoms. The molecule has 1 heterocycles. The molecule has 1 aliphatic rings. The minimum absolute atomic E-state index is 0.282. The molecule has 1 amide bonds. The molecule has 3 rings (SSSR count). The second-order valence-corrected chi connectivity index (χ2v) is 9.22.